The first-order chi connectivity index (χ1) is 10.3. The molecule has 0 aliphatic carbocycles. The Morgan fingerprint density at radius 2 is 1.30 bits per heavy atom. The summed E-state index contributed by atoms with van der Waals surface area (Å²) in [4.78, 5) is 0. The first kappa shape index (κ1) is 22.9. The normalized spacial score (nSPS) is 14.2. The fourth-order valence-corrected chi connectivity index (χ4v) is 4.24. The zero-order valence-electron chi connectivity index (χ0n) is 11.5. The SMILES string of the molecule is [CH2]CCCc1ccccc1C(Cl)(Cl)C(Cl)(Cl)C(Cl)(Cl)C(Cl)(Cl)Cl. The number of aryl methyl sites for hydroxylation is 1. The number of rotatable bonds is 6. The minimum atomic E-state index is -2.29. The van der Waals surface area contributed by atoms with E-state index in [1.807, 2.05) is 12.1 Å². The predicted molar refractivity (Wildman–Crippen MR) is 107 cm³/mol. The second-order valence-electron chi connectivity index (χ2n) is 4.84. The van der Waals surface area contributed by atoms with Crippen LogP contribution in [0.5, 0.6) is 0 Å². The van der Waals surface area contributed by atoms with Crippen LogP contribution in [0.15, 0.2) is 24.3 Å². The maximum absolute atomic E-state index is 6.47. The predicted octanol–water partition coefficient (Wildman–Crippen LogP) is 8.19. The van der Waals surface area contributed by atoms with Crippen LogP contribution in [0.2, 0.25) is 0 Å². The van der Waals surface area contributed by atoms with Crippen molar-refractivity contribution in [3.63, 3.8) is 0 Å². The molecule has 0 aliphatic rings. The second kappa shape index (κ2) is 8.24. The summed E-state index contributed by atoms with van der Waals surface area (Å²) >= 11 is 55.2. The topological polar surface area (TPSA) is 0 Å². The average Bonchev–Trinajstić information content (AvgIpc) is 2.43. The molecule has 1 radical (unpaired) electrons. The van der Waals surface area contributed by atoms with Crippen molar-refractivity contribution >= 4 is 104 Å². The van der Waals surface area contributed by atoms with Gasteiger partial charge < -0.3 is 0 Å². The number of alkyl halides is 9. The number of hydrogen-bond donors (Lipinski definition) is 0. The molecule has 0 N–H and O–H groups in total. The van der Waals surface area contributed by atoms with Crippen molar-refractivity contribution in [2.45, 2.75) is 36.1 Å². The molecule has 0 heterocycles. The molecule has 0 fully saturated rings. The van der Waals surface area contributed by atoms with E-state index in [0.29, 0.717) is 12.0 Å². The molecule has 0 amide bonds. The fourth-order valence-electron chi connectivity index (χ4n) is 1.90. The van der Waals surface area contributed by atoms with Gasteiger partial charge >= 0.3 is 0 Å². The molecule has 0 aromatic heterocycles. The lowest BCUT2D eigenvalue weighted by molar-refractivity contribution is 0.595. The van der Waals surface area contributed by atoms with E-state index in [0.717, 1.165) is 18.4 Å². The summed E-state index contributed by atoms with van der Waals surface area (Å²) in [6.45, 7) is 3.80. The Bertz CT molecular complexity index is 531. The molecule has 23 heavy (non-hydrogen) atoms. The summed E-state index contributed by atoms with van der Waals surface area (Å²) in [7, 11) is 0. The molecule has 0 unspecified atom stereocenters. The van der Waals surface area contributed by atoms with Gasteiger partial charge in [0.25, 0.3) is 0 Å². The van der Waals surface area contributed by atoms with Crippen LogP contribution in [0, 0.1) is 6.92 Å². The van der Waals surface area contributed by atoms with Crippen molar-refractivity contribution in [1.82, 2.24) is 0 Å². The third-order valence-electron chi connectivity index (χ3n) is 3.20. The van der Waals surface area contributed by atoms with Gasteiger partial charge in [0.15, 0.2) is 8.67 Å². The minimum absolute atomic E-state index is 0.432. The fraction of sp³-hybridized carbons (Fsp3) is 0.500. The van der Waals surface area contributed by atoms with Crippen LogP contribution in [0.3, 0.4) is 0 Å². The van der Waals surface area contributed by atoms with Gasteiger partial charge in [-0.25, -0.2) is 0 Å². The molecule has 0 saturated heterocycles. The van der Waals surface area contributed by atoms with Gasteiger partial charge in [-0.3, -0.25) is 0 Å². The Labute approximate surface area is 181 Å². The van der Waals surface area contributed by atoms with E-state index < -0.39 is 16.8 Å². The van der Waals surface area contributed by atoms with E-state index in [9.17, 15) is 0 Å². The molecule has 0 nitrogen and oxygen atoms in total. The van der Waals surface area contributed by atoms with Gasteiger partial charge in [-0.05, 0) is 24.0 Å². The molecule has 0 aliphatic heterocycles. The van der Waals surface area contributed by atoms with Crippen LogP contribution < -0.4 is 0 Å². The first-order valence-corrected chi connectivity index (χ1v) is 9.78. The average molecular weight is 499 g/mol. The van der Waals surface area contributed by atoms with Gasteiger partial charge in [0.2, 0.25) is 8.13 Å². The number of hydrogen-bond acceptors (Lipinski definition) is 0. The molecule has 0 saturated carbocycles. The highest BCUT2D eigenvalue weighted by Gasteiger charge is 2.68. The lowest BCUT2D eigenvalue weighted by Crippen LogP contribution is -2.55. The third-order valence-corrected chi connectivity index (χ3v) is 8.64. The van der Waals surface area contributed by atoms with E-state index in [1.165, 1.54) is 0 Å². The largest absolute Gasteiger partial charge is 0.226 e. The van der Waals surface area contributed by atoms with Gasteiger partial charge in [0.1, 0.15) is 0 Å². The van der Waals surface area contributed by atoms with Crippen molar-refractivity contribution < 1.29 is 0 Å². The lowest BCUT2D eigenvalue weighted by Gasteiger charge is -2.44. The maximum atomic E-state index is 6.47. The van der Waals surface area contributed by atoms with Crippen LogP contribution in [-0.4, -0.2) is 12.5 Å². The van der Waals surface area contributed by atoms with Crippen molar-refractivity contribution in [3.8, 4) is 0 Å². The van der Waals surface area contributed by atoms with E-state index >= 15 is 0 Å². The number of halogens is 9. The zero-order chi connectivity index (χ0) is 18.1. The molecular weight excluding hydrogens is 487 g/mol. The standard InChI is InChI=1S/C14H12Cl9/c1-2-3-6-9-7-4-5-8-10(9)11(15,16)12(17,18)13(19,20)14(21,22)23/h4-5,7-8H,1-3,6H2. The molecule has 1 aromatic carbocycles. The van der Waals surface area contributed by atoms with E-state index in [4.69, 9.17) is 104 Å². The maximum Gasteiger partial charge on any atom is 0.226 e. The molecule has 9 heteroatoms. The summed E-state index contributed by atoms with van der Waals surface area (Å²) in [6, 6.07) is 7.07. The van der Waals surface area contributed by atoms with Crippen LogP contribution in [-0.2, 0) is 10.8 Å². The van der Waals surface area contributed by atoms with Gasteiger partial charge in [0.05, 0.1) is 0 Å². The Hall–Kier alpha value is 1.83. The minimum Gasteiger partial charge on any atom is -0.0943 e. The van der Waals surface area contributed by atoms with Crippen LogP contribution in [0.25, 0.3) is 0 Å². The van der Waals surface area contributed by atoms with Crippen molar-refractivity contribution in [1.29, 1.82) is 0 Å². The van der Waals surface area contributed by atoms with Crippen LogP contribution in [0.4, 0.5) is 0 Å². The summed E-state index contributed by atoms with van der Waals surface area (Å²) in [5.74, 6) is 0. The molecule has 0 atom stereocenters. The van der Waals surface area contributed by atoms with Crippen molar-refractivity contribution in [2.75, 3.05) is 0 Å². The highest BCUT2D eigenvalue weighted by atomic mass is 35.6. The zero-order valence-corrected chi connectivity index (χ0v) is 18.3. The molecule has 1 aromatic rings. The summed E-state index contributed by atoms with van der Waals surface area (Å²) in [6.07, 6.45) is 2.22. The summed E-state index contributed by atoms with van der Waals surface area (Å²) in [5, 5.41) is 0. The number of benzene rings is 1. The molecule has 0 spiro atoms. The Morgan fingerprint density at radius 3 is 1.78 bits per heavy atom. The molecule has 1 rings (SSSR count). The summed E-state index contributed by atoms with van der Waals surface area (Å²) < 4.78 is -8.72. The highest BCUT2D eigenvalue weighted by Crippen LogP contribution is 2.65. The van der Waals surface area contributed by atoms with Crippen molar-refractivity contribution in [3.05, 3.63) is 42.3 Å². The number of unbranched alkanes of at least 4 members (excludes halogenated alkanes) is 1. The Balaban J connectivity index is 3.41. The van der Waals surface area contributed by atoms with Gasteiger partial charge in [0, 0.05) is 0 Å². The van der Waals surface area contributed by atoms with Gasteiger partial charge in [-0.2, -0.15) is 0 Å². The molecular formula is C14H12Cl9. The van der Waals surface area contributed by atoms with Crippen molar-refractivity contribution in [2.24, 2.45) is 0 Å². The second-order valence-corrected chi connectivity index (χ2v) is 11.1. The van der Waals surface area contributed by atoms with Gasteiger partial charge in [-0.1, -0.05) is 142 Å². The van der Waals surface area contributed by atoms with E-state index in [2.05, 4.69) is 6.92 Å². The monoisotopic (exact) mass is 495 g/mol. The highest BCUT2D eigenvalue weighted by molar-refractivity contribution is 6.80. The Morgan fingerprint density at radius 1 is 0.783 bits per heavy atom. The van der Waals surface area contributed by atoms with E-state index in [1.54, 1.807) is 12.1 Å². The Kier molecular flexibility index (Phi) is 8.19. The lowest BCUT2D eigenvalue weighted by atomic mass is 9.96. The third kappa shape index (κ3) is 4.57. The van der Waals surface area contributed by atoms with Gasteiger partial charge in [-0.15, -0.1) is 0 Å². The summed E-state index contributed by atoms with van der Waals surface area (Å²) in [5.41, 5.74) is 1.25. The van der Waals surface area contributed by atoms with E-state index in [-0.39, 0.29) is 0 Å². The molecule has 0 bridgehead atoms. The quantitative estimate of drug-likeness (QED) is 0.346. The first-order valence-electron chi connectivity index (χ1n) is 6.38. The molecule has 131 valence electrons. The van der Waals surface area contributed by atoms with Crippen LogP contribution >= 0.6 is 104 Å². The van der Waals surface area contributed by atoms with Crippen LogP contribution in [0.1, 0.15) is 24.0 Å². The smallest absolute Gasteiger partial charge is 0.0943 e.